The number of aliphatic hydroxyl groups excluding tert-OH is 2. The molecule has 0 saturated carbocycles. The van der Waals surface area contributed by atoms with Crippen molar-refractivity contribution < 1.29 is 15.0 Å². The molecule has 0 rings (SSSR count). The highest BCUT2D eigenvalue weighted by atomic mass is 16.3. The number of carbonyl (C=O) groups excluding carboxylic acids is 1. The van der Waals surface area contributed by atoms with Crippen LogP contribution in [0.15, 0.2) is 0 Å². The first-order valence-electron chi connectivity index (χ1n) is 20.7. The quantitative estimate of drug-likeness (QED) is 0.0590. The van der Waals surface area contributed by atoms with Crippen LogP contribution in [0.25, 0.3) is 0 Å². The molecule has 0 radical (unpaired) electrons. The topological polar surface area (TPSA) is 69.6 Å². The van der Waals surface area contributed by atoms with Crippen molar-refractivity contribution in [3.8, 4) is 0 Å². The van der Waals surface area contributed by atoms with Crippen LogP contribution >= 0.6 is 0 Å². The predicted octanol–water partition coefficient (Wildman–Crippen LogP) is 12.5. The molecule has 0 spiro atoms. The van der Waals surface area contributed by atoms with E-state index in [0.717, 1.165) is 25.7 Å². The first kappa shape index (κ1) is 44.4. The number of hydrogen-bond donors (Lipinski definition) is 3. The maximum atomic E-state index is 12.4. The summed E-state index contributed by atoms with van der Waals surface area (Å²) in [5.74, 6) is -0.0270. The van der Waals surface area contributed by atoms with Crippen LogP contribution in [0.5, 0.6) is 0 Å². The minimum absolute atomic E-state index is 0.0270. The van der Waals surface area contributed by atoms with E-state index in [1.54, 1.807) is 0 Å². The van der Waals surface area contributed by atoms with Crippen molar-refractivity contribution in [3.05, 3.63) is 0 Å². The van der Waals surface area contributed by atoms with E-state index >= 15 is 0 Å². The van der Waals surface area contributed by atoms with Crippen LogP contribution in [0, 0.1) is 0 Å². The lowest BCUT2D eigenvalue weighted by Crippen LogP contribution is -2.45. The van der Waals surface area contributed by atoms with E-state index in [9.17, 15) is 15.0 Å². The summed E-state index contributed by atoms with van der Waals surface area (Å²) >= 11 is 0. The molecule has 45 heavy (non-hydrogen) atoms. The number of rotatable bonds is 38. The highest BCUT2D eigenvalue weighted by molar-refractivity contribution is 5.76. The molecule has 4 nitrogen and oxygen atoms in total. The maximum Gasteiger partial charge on any atom is 0.220 e. The predicted molar refractivity (Wildman–Crippen MR) is 198 cm³/mol. The molecule has 0 aliphatic rings. The van der Waals surface area contributed by atoms with Crippen LogP contribution in [-0.4, -0.2) is 34.9 Å². The lowest BCUT2D eigenvalue weighted by atomic mass is 10.0. The Hall–Kier alpha value is -0.610. The summed E-state index contributed by atoms with van der Waals surface area (Å²) in [6.45, 7) is 4.37. The summed E-state index contributed by atoms with van der Waals surface area (Å²) < 4.78 is 0. The number of aliphatic hydroxyl groups is 2. The number of amides is 1. The molecule has 0 bridgehead atoms. The molecule has 3 N–H and O–H groups in total. The summed E-state index contributed by atoms with van der Waals surface area (Å²) in [6.07, 6.45) is 44.6. The minimum atomic E-state index is -0.651. The van der Waals surface area contributed by atoms with Gasteiger partial charge in [0.15, 0.2) is 0 Å². The van der Waals surface area contributed by atoms with Gasteiger partial charge in [-0.05, 0) is 12.8 Å². The second kappa shape index (κ2) is 37.8. The number of nitrogens with one attached hydrogen (secondary N) is 1. The molecule has 0 heterocycles. The van der Waals surface area contributed by atoms with E-state index in [2.05, 4.69) is 19.2 Å². The van der Waals surface area contributed by atoms with E-state index in [4.69, 9.17) is 0 Å². The van der Waals surface area contributed by atoms with Gasteiger partial charge in [-0.2, -0.15) is 0 Å². The fourth-order valence-electron chi connectivity index (χ4n) is 6.66. The second-order valence-electron chi connectivity index (χ2n) is 14.4. The summed E-state index contributed by atoms with van der Waals surface area (Å²) in [7, 11) is 0. The number of carbonyl (C=O) groups is 1. The van der Waals surface area contributed by atoms with Gasteiger partial charge in [0.25, 0.3) is 0 Å². The molecule has 0 aliphatic carbocycles. The third-order valence-electron chi connectivity index (χ3n) is 9.87. The van der Waals surface area contributed by atoms with Crippen LogP contribution in [0.4, 0.5) is 0 Å². The second-order valence-corrected chi connectivity index (χ2v) is 14.4. The highest BCUT2D eigenvalue weighted by Gasteiger charge is 2.20. The van der Waals surface area contributed by atoms with Gasteiger partial charge in [-0.25, -0.2) is 0 Å². The van der Waals surface area contributed by atoms with Crippen LogP contribution in [-0.2, 0) is 4.79 Å². The van der Waals surface area contributed by atoms with Crippen LogP contribution in [0.2, 0.25) is 0 Å². The Morgan fingerprint density at radius 3 is 1.00 bits per heavy atom. The van der Waals surface area contributed by atoms with E-state index in [1.165, 1.54) is 186 Å². The molecule has 0 aromatic rings. The molecule has 0 aliphatic heterocycles. The van der Waals surface area contributed by atoms with Gasteiger partial charge in [-0.1, -0.05) is 219 Å². The molecular weight excluding hydrogens is 554 g/mol. The van der Waals surface area contributed by atoms with E-state index in [0.29, 0.717) is 12.8 Å². The van der Waals surface area contributed by atoms with Crippen LogP contribution < -0.4 is 5.32 Å². The summed E-state index contributed by atoms with van der Waals surface area (Å²) in [6, 6.07) is -0.528. The van der Waals surface area contributed by atoms with Gasteiger partial charge in [-0.15, -0.1) is 0 Å². The van der Waals surface area contributed by atoms with Crippen LogP contribution in [0.1, 0.15) is 239 Å². The van der Waals surface area contributed by atoms with Crippen molar-refractivity contribution in [2.75, 3.05) is 6.61 Å². The van der Waals surface area contributed by atoms with Gasteiger partial charge in [-0.3, -0.25) is 4.79 Å². The summed E-state index contributed by atoms with van der Waals surface area (Å²) in [5.41, 5.74) is 0. The molecule has 270 valence electrons. The summed E-state index contributed by atoms with van der Waals surface area (Å²) in [5, 5.41) is 23.1. The Morgan fingerprint density at radius 2 is 0.711 bits per heavy atom. The van der Waals surface area contributed by atoms with Gasteiger partial charge >= 0.3 is 0 Å². The lowest BCUT2D eigenvalue weighted by molar-refractivity contribution is -0.123. The van der Waals surface area contributed by atoms with Crippen molar-refractivity contribution in [1.29, 1.82) is 0 Å². The highest BCUT2D eigenvalue weighted by Crippen LogP contribution is 2.16. The average Bonchev–Trinajstić information content (AvgIpc) is 3.04. The fraction of sp³-hybridized carbons (Fsp3) is 0.976. The third kappa shape index (κ3) is 34.5. The summed E-state index contributed by atoms with van der Waals surface area (Å²) in [4.78, 5) is 12.4. The molecule has 1 amide bonds. The van der Waals surface area contributed by atoms with Crippen molar-refractivity contribution in [2.45, 2.75) is 251 Å². The minimum Gasteiger partial charge on any atom is -0.394 e. The monoisotopic (exact) mass is 638 g/mol. The normalized spacial score (nSPS) is 12.9. The van der Waals surface area contributed by atoms with Gasteiger partial charge < -0.3 is 15.5 Å². The largest absolute Gasteiger partial charge is 0.394 e. The van der Waals surface area contributed by atoms with Gasteiger partial charge in [0, 0.05) is 6.42 Å². The zero-order valence-electron chi connectivity index (χ0n) is 30.9. The molecule has 0 saturated heterocycles. The molecule has 1 unspecified atom stereocenters. The third-order valence-corrected chi connectivity index (χ3v) is 9.87. The first-order chi connectivity index (χ1) is 22.2. The smallest absolute Gasteiger partial charge is 0.220 e. The Bertz CT molecular complexity index is 569. The van der Waals surface area contributed by atoms with Gasteiger partial charge in [0.2, 0.25) is 5.91 Å². The molecule has 2 atom stereocenters. The van der Waals surface area contributed by atoms with Crippen molar-refractivity contribution >= 4 is 5.91 Å². The molecule has 0 fully saturated rings. The van der Waals surface area contributed by atoms with E-state index < -0.39 is 12.1 Å². The zero-order chi connectivity index (χ0) is 32.9. The molecule has 0 aromatic heterocycles. The number of unbranched alkanes of at least 4 members (excludes halogenated alkanes) is 31. The van der Waals surface area contributed by atoms with Gasteiger partial charge in [0.1, 0.15) is 0 Å². The van der Waals surface area contributed by atoms with Gasteiger partial charge in [0.05, 0.1) is 18.8 Å². The molecular formula is C41H83NO3. The Kier molecular flexibility index (Phi) is 37.3. The number of hydrogen-bond acceptors (Lipinski definition) is 3. The van der Waals surface area contributed by atoms with Crippen molar-refractivity contribution in [1.82, 2.24) is 5.32 Å². The average molecular weight is 638 g/mol. The Labute approximate surface area is 283 Å². The maximum absolute atomic E-state index is 12.4. The standard InChI is InChI=1S/C41H83NO3/c1-3-5-7-9-11-13-15-17-18-19-20-21-22-23-25-27-29-31-33-35-37-41(45)42-39(38-43)40(44)36-34-32-30-28-26-24-16-14-12-10-8-6-4-2/h39-40,43-44H,3-38H2,1-2H3,(H,42,45)/t39-,40?/m0/s1. The zero-order valence-corrected chi connectivity index (χ0v) is 30.9. The first-order valence-corrected chi connectivity index (χ1v) is 20.7. The van der Waals surface area contributed by atoms with E-state index in [1.807, 2.05) is 0 Å². The Balaban J connectivity index is 3.46. The fourth-order valence-corrected chi connectivity index (χ4v) is 6.66. The Morgan fingerprint density at radius 1 is 0.444 bits per heavy atom. The van der Waals surface area contributed by atoms with Crippen molar-refractivity contribution in [3.63, 3.8) is 0 Å². The van der Waals surface area contributed by atoms with Crippen LogP contribution in [0.3, 0.4) is 0 Å². The molecule has 4 heteroatoms. The molecule has 0 aromatic carbocycles. The lowest BCUT2D eigenvalue weighted by Gasteiger charge is -2.22. The van der Waals surface area contributed by atoms with E-state index in [-0.39, 0.29) is 12.5 Å². The SMILES string of the molecule is CCCCCCCCCCCCCCCCCCCCCCC(=O)N[C@@H](CO)C(O)CCCCCCCCCCCCCCC. The van der Waals surface area contributed by atoms with Crippen molar-refractivity contribution in [2.24, 2.45) is 0 Å².